The molecule has 0 saturated heterocycles. The highest BCUT2D eigenvalue weighted by molar-refractivity contribution is 7.98. The normalized spacial score (nSPS) is 14.6. The molecule has 9 heteroatoms. The lowest BCUT2D eigenvalue weighted by molar-refractivity contribution is -0.119. The maximum Gasteiger partial charge on any atom is 0.317 e. The van der Waals surface area contributed by atoms with Crippen LogP contribution in [0.15, 0.2) is 29.1 Å². The molecule has 26 heavy (non-hydrogen) atoms. The maximum absolute atomic E-state index is 12.4. The minimum Gasteiger partial charge on any atom is -0.494 e. The van der Waals surface area contributed by atoms with Crippen LogP contribution in [-0.4, -0.2) is 49.9 Å². The van der Waals surface area contributed by atoms with Crippen molar-refractivity contribution >= 4 is 39.2 Å². The molecule has 1 aliphatic rings. The van der Waals surface area contributed by atoms with Crippen molar-refractivity contribution in [2.75, 3.05) is 39.4 Å². The molecular weight excluding hydrogens is 376 g/mol. The van der Waals surface area contributed by atoms with Crippen molar-refractivity contribution in [1.82, 2.24) is 4.57 Å². The Morgan fingerprint density at radius 2 is 2.08 bits per heavy atom. The largest absolute Gasteiger partial charge is 0.494 e. The van der Waals surface area contributed by atoms with E-state index in [1.807, 2.05) is 23.0 Å². The molecule has 0 unspecified atom stereocenters. The van der Waals surface area contributed by atoms with Crippen molar-refractivity contribution in [1.29, 1.82) is 0 Å². The number of amides is 1. The van der Waals surface area contributed by atoms with Crippen LogP contribution < -0.4 is 14.3 Å². The van der Waals surface area contributed by atoms with E-state index in [9.17, 15) is 4.79 Å². The van der Waals surface area contributed by atoms with Crippen molar-refractivity contribution in [3.63, 3.8) is 0 Å². The molecule has 0 bridgehead atoms. The van der Waals surface area contributed by atoms with E-state index in [4.69, 9.17) is 18.9 Å². The molecule has 0 N–H and O–H groups in total. The number of rotatable bonds is 6. The van der Waals surface area contributed by atoms with Gasteiger partial charge in [0.25, 0.3) is 0 Å². The van der Waals surface area contributed by atoms with Crippen LogP contribution in [0.2, 0.25) is 0 Å². The summed E-state index contributed by atoms with van der Waals surface area (Å²) in [5, 5.41) is 0. The molecule has 0 fully saturated rings. The van der Waals surface area contributed by atoms with Crippen LogP contribution in [0, 0.1) is 0 Å². The van der Waals surface area contributed by atoms with Crippen LogP contribution in [0.25, 0.3) is 10.2 Å². The van der Waals surface area contributed by atoms with Gasteiger partial charge >= 0.3 is 5.91 Å². The highest BCUT2D eigenvalue weighted by Gasteiger charge is 2.17. The fourth-order valence-corrected chi connectivity index (χ4v) is 3.93. The summed E-state index contributed by atoms with van der Waals surface area (Å²) in [5.41, 5.74) is 0.947. The SMILES string of the molecule is COc1cc2sc(=NC(=O)C3=COCCO3)n(CCSC)c2cc1OC. The van der Waals surface area contributed by atoms with Gasteiger partial charge in [-0.1, -0.05) is 11.3 Å². The number of hydrogen-bond acceptors (Lipinski definition) is 7. The molecule has 1 aliphatic heterocycles. The third kappa shape index (κ3) is 3.83. The van der Waals surface area contributed by atoms with E-state index < -0.39 is 5.91 Å². The van der Waals surface area contributed by atoms with Crippen LogP contribution in [0.4, 0.5) is 0 Å². The van der Waals surface area contributed by atoms with Crippen molar-refractivity contribution in [3.8, 4) is 11.5 Å². The monoisotopic (exact) mass is 396 g/mol. The first-order valence-electron chi connectivity index (χ1n) is 7.96. The molecule has 1 aromatic heterocycles. The predicted octanol–water partition coefficient (Wildman–Crippen LogP) is 2.40. The van der Waals surface area contributed by atoms with Gasteiger partial charge in [-0.25, -0.2) is 0 Å². The van der Waals surface area contributed by atoms with Crippen LogP contribution in [-0.2, 0) is 20.8 Å². The van der Waals surface area contributed by atoms with Gasteiger partial charge in [0.2, 0.25) is 5.76 Å². The number of nitrogens with zero attached hydrogens (tertiary/aromatic N) is 2. The number of aryl methyl sites for hydroxylation is 1. The summed E-state index contributed by atoms with van der Waals surface area (Å²) in [6.45, 7) is 1.51. The van der Waals surface area contributed by atoms with Gasteiger partial charge in [0.1, 0.15) is 19.5 Å². The van der Waals surface area contributed by atoms with Gasteiger partial charge in [-0.2, -0.15) is 16.8 Å². The van der Waals surface area contributed by atoms with E-state index in [2.05, 4.69) is 4.99 Å². The third-order valence-electron chi connectivity index (χ3n) is 3.76. The fraction of sp³-hybridized carbons (Fsp3) is 0.412. The van der Waals surface area contributed by atoms with Gasteiger partial charge in [0, 0.05) is 24.4 Å². The fourth-order valence-electron chi connectivity index (χ4n) is 2.50. The lowest BCUT2D eigenvalue weighted by Crippen LogP contribution is -2.20. The van der Waals surface area contributed by atoms with Gasteiger partial charge in [-0.15, -0.1) is 0 Å². The molecule has 0 aliphatic carbocycles. The van der Waals surface area contributed by atoms with Gasteiger partial charge in [-0.3, -0.25) is 4.79 Å². The lowest BCUT2D eigenvalue weighted by atomic mass is 10.3. The summed E-state index contributed by atoms with van der Waals surface area (Å²) < 4.78 is 24.2. The van der Waals surface area contributed by atoms with Gasteiger partial charge in [0.15, 0.2) is 16.3 Å². The quantitative estimate of drug-likeness (QED) is 0.747. The molecule has 7 nitrogen and oxygen atoms in total. The van der Waals surface area contributed by atoms with E-state index in [0.29, 0.717) is 29.5 Å². The molecule has 0 spiro atoms. The highest BCUT2D eigenvalue weighted by atomic mass is 32.2. The van der Waals surface area contributed by atoms with Gasteiger partial charge in [-0.05, 0) is 6.26 Å². The van der Waals surface area contributed by atoms with Crippen molar-refractivity contribution in [2.24, 2.45) is 4.99 Å². The highest BCUT2D eigenvalue weighted by Crippen LogP contribution is 2.33. The molecule has 0 saturated carbocycles. The topological polar surface area (TPSA) is 71.3 Å². The second-order valence-electron chi connectivity index (χ2n) is 5.32. The Balaban J connectivity index is 2.12. The molecule has 2 heterocycles. The number of methoxy groups -OCH3 is 2. The number of thiazole rings is 1. The molecule has 3 rings (SSSR count). The summed E-state index contributed by atoms with van der Waals surface area (Å²) >= 11 is 3.15. The van der Waals surface area contributed by atoms with Crippen LogP contribution in [0.1, 0.15) is 0 Å². The summed E-state index contributed by atoms with van der Waals surface area (Å²) in [5.74, 6) is 1.85. The number of carbonyl (C=O) groups is 1. The average molecular weight is 396 g/mol. The third-order valence-corrected chi connectivity index (χ3v) is 5.40. The second kappa shape index (κ2) is 8.50. The van der Waals surface area contributed by atoms with Crippen LogP contribution in [0.3, 0.4) is 0 Å². The Bertz CT molecular complexity index is 900. The van der Waals surface area contributed by atoms with Gasteiger partial charge in [0.05, 0.1) is 24.4 Å². The van der Waals surface area contributed by atoms with Crippen LogP contribution in [0.5, 0.6) is 11.5 Å². The van der Waals surface area contributed by atoms with E-state index >= 15 is 0 Å². The van der Waals surface area contributed by atoms with E-state index in [0.717, 1.165) is 22.5 Å². The first-order valence-corrected chi connectivity index (χ1v) is 10.2. The smallest absolute Gasteiger partial charge is 0.317 e. The Morgan fingerprint density at radius 1 is 1.31 bits per heavy atom. The molecule has 140 valence electrons. The van der Waals surface area contributed by atoms with E-state index in [1.54, 1.807) is 26.0 Å². The molecule has 1 amide bonds. The number of fused-ring (bicyclic) bond motifs is 1. The molecule has 1 aromatic carbocycles. The second-order valence-corrected chi connectivity index (χ2v) is 7.32. The molecular formula is C17H20N2O5S2. The average Bonchev–Trinajstić information content (AvgIpc) is 3.01. The maximum atomic E-state index is 12.4. The van der Waals surface area contributed by atoms with E-state index in [-0.39, 0.29) is 5.76 Å². The Kier molecular flexibility index (Phi) is 6.10. The number of ether oxygens (including phenoxy) is 4. The molecule has 2 aromatic rings. The zero-order valence-electron chi connectivity index (χ0n) is 14.8. The number of carbonyl (C=O) groups excluding carboxylic acids is 1. The van der Waals surface area contributed by atoms with E-state index in [1.165, 1.54) is 17.6 Å². The number of hydrogen-bond donors (Lipinski definition) is 0. The summed E-state index contributed by atoms with van der Waals surface area (Å²) in [6.07, 6.45) is 3.36. The minimum atomic E-state index is -0.451. The van der Waals surface area contributed by atoms with Crippen molar-refractivity contribution in [3.05, 3.63) is 29.0 Å². The Labute approximate surface area is 159 Å². The predicted molar refractivity (Wildman–Crippen MR) is 102 cm³/mol. The Hall–Kier alpha value is -2.13. The summed E-state index contributed by atoms with van der Waals surface area (Å²) in [7, 11) is 3.20. The van der Waals surface area contributed by atoms with Crippen molar-refractivity contribution < 1.29 is 23.7 Å². The summed E-state index contributed by atoms with van der Waals surface area (Å²) in [4.78, 5) is 17.3. The van der Waals surface area contributed by atoms with Crippen LogP contribution >= 0.6 is 23.1 Å². The lowest BCUT2D eigenvalue weighted by Gasteiger charge is -2.12. The zero-order chi connectivity index (χ0) is 18.5. The van der Waals surface area contributed by atoms with Crippen molar-refractivity contribution in [2.45, 2.75) is 6.54 Å². The zero-order valence-corrected chi connectivity index (χ0v) is 16.4. The standard InChI is InChI=1S/C17H20N2O5S2/c1-21-12-8-11-15(9-13(12)22-2)26-17(19(11)4-7-25-3)18-16(20)14-10-23-5-6-24-14/h8-10H,4-7H2,1-3H3. The minimum absolute atomic E-state index is 0.125. The molecule has 0 atom stereocenters. The number of thioether (sulfide) groups is 1. The first-order chi connectivity index (χ1) is 12.7. The number of benzene rings is 1. The summed E-state index contributed by atoms with van der Waals surface area (Å²) in [6, 6.07) is 3.81. The number of aromatic nitrogens is 1. The Morgan fingerprint density at radius 3 is 2.73 bits per heavy atom. The van der Waals surface area contributed by atoms with Gasteiger partial charge < -0.3 is 23.5 Å². The molecule has 0 radical (unpaired) electrons. The first kappa shape index (κ1) is 18.7.